The summed E-state index contributed by atoms with van der Waals surface area (Å²) in [6.07, 6.45) is 16.3. The van der Waals surface area contributed by atoms with Crippen LogP contribution in [0.2, 0.25) is 0 Å². The summed E-state index contributed by atoms with van der Waals surface area (Å²) in [5.41, 5.74) is -1.48. The van der Waals surface area contributed by atoms with Gasteiger partial charge in [-0.05, 0) is 60.8 Å². The molecule has 2 N–H and O–H groups in total. The molecule has 45 heavy (non-hydrogen) atoms. The van der Waals surface area contributed by atoms with Crippen molar-refractivity contribution in [2.24, 2.45) is 5.92 Å². The zero-order chi connectivity index (χ0) is 34.3. The third-order valence-corrected chi connectivity index (χ3v) is 7.46. The SMILES string of the molecule is CCCCCCCCCCCCCCCC(=O)N[C@@H](CCC(=O)C[C@@H](CCC(=O)NC)C(=O)OC(C)(C)C)C(=O)OC(C)(C)C. The molecular weight excluding hydrogens is 572 g/mol. The average molecular weight is 639 g/mol. The molecule has 0 aromatic heterocycles. The number of hydrogen-bond acceptors (Lipinski definition) is 7. The number of ether oxygens (including phenoxy) is 2. The number of carbonyl (C=O) groups is 5. The second-order valence-electron chi connectivity index (χ2n) is 14.4. The van der Waals surface area contributed by atoms with E-state index in [1.807, 2.05) is 0 Å². The molecule has 0 fully saturated rings. The Kier molecular flexibility index (Phi) is 22.5. The lowest BCUT2D eigenvalue weighted by atomic mass is 9.94. The van der Waals surface area contributed by atoms with Crippen LogP contribution >= 0.6 is 0 Å². The Morgan fingerprint density at radius 2 is 1.04 bits per heavy atom. The highest BCUT2D eigenvalue weighted by Crippen LogP contribution is 2.21. The maximum atomic E-state index is 13.0. The molecule has 0 bridgehead atoms. The first kappa shape index (κ1) is 42.6. The van der Waals surface area contributed by atoms with Crippen LogP contribution in [0.3, 0.4) is 0 Å². The van der Waals surface area contributed by atoms with E-state index in [1.165, 1.54) is 71.3 Å². The van der Waals surface area contributed by atoms with E-state index in [0.29, 0.717) is 6.42 Å². The summed E-state index contributed by atoms with van der Waals surface area (Å²) < 4.78 is 11.0. The van der Waals surface area contributed by atoms with Gasteiger partial charge in [-0.3, -0.25) is 19.2 Å². The summed E-state index contributed by atoms with van der Waals surface area (Å²) >= 11 is 0. The van der Waals surface area contributed by atoms with Gasteiger partial charge in [-0.15, -0.1) is 0 Å². The van der Waals surface area contributed by atoms with Crippen LogP contribution < -0.4 is 10.6 Å². The van der Waals surface area contributed by atoms with Gasteiger partial charge in [0.2, 0.25) is 11.8 Å². The minimum absolute atomic E-state index is 0.0256. The van der Waals surface area contributed by atoms with Crippen LogP contribution in [0.1, 0.15) is 170 Å². The van der Waals surface area contributed by atoms with Crippen LogP contribution in [-0.4, -0.2) is 53.8 Å². The van der Waals surface area contributed by atoms with Gasteiger partial charge < -0.3 is 20.1 Å². The van der Waals surface area contributed by atoms with Gasteiger partial charge in [-0.2, -0.15) is 0 Å². The number of Topliss-reactive ketones (excluding diaryl/α,β-unsaturated/α-hetero) is 1. The van der Waals surface area contributed by atoms with Crippen molar-refractivity contribution in [1.82, 2.24) is 10.6 Å². The average Bonchev–Trinajstić information content (AvgIpc) is 2.93. The fourth-order valence-electron chi connectivity index (χ4n) is 4.99. The van der Waals surface area contributed by atoms with Crippen molar-refractivity contribution in [3.05, 3.63) is 0 Å². The Labute approximate surface area is 274 Å². The highest BCUT2D eigenvalue weighted by Gasteiger charge is 2.30. The fraction of sp³-hybridized carbons (Fsp3) is 0.861. The summed E-state index contributed by atoms with van der Waals surface area (Å²) in [5, 5.41) is 5.31. The molecule has 0 unspecified atom stereocenters. The zero-order valence-corrected chi connectivity index (χ0v) is 29.9. The summed E-state index contributed by atoms with van der Waals surface area (Å²) in [4.78, 5) is 63.2. The van der Waals surface area contributed by atoms with Gasteiger partial charge in [0.15, 0.2) is 0 Å². The molecule has 0 aliphatic heterocycles. The molecule has 0 radical (unpaired) electrons. The van der Waals surface area contributed by atoms with E-state index in [1.54, 1.807) is 41.5 Å². The number of hydrogen-bond donors (Lipinski definition) is 2. The van der Waals surface area contributed by atoms with Gasteiger partial charge in [0.1, 0.15) is 23.0 Å². The first-order chi connectivity index (χ1) is 21.1. The highest BCUT2D eigenvalue weighted by molar-refractivity contribution is 5.87. The molecule has 0 aromatic carbocycles. The number of nitrogens with one attached hydrogen (secondary N) is 2. The molecule has 2 amide bonds. The van der Waals surface area contributed by atoms with E-state index in [0.717, 1.165) is 19.3 Å². The summed E-state index contributed by atoms with van der Waals surface area (Å²) in [7, 11) is 1.51. The van der Waals surface area contributed by atoms with E-state index in [9.17, 15) is 24.0 Å². The molecule has 0 heterocycles. The van der Waals surface area contributed by atoms with Gasteiger partial charge in [-0.1, -0.05) is 84.0 Å². The monoisotopic (exact) mass is 638 g/mol. The number of esters is 2. The standard InChI is InChI=1S/C36H66N2O7/c1-9-10-11-12-13-14-15-16-17-18-19-20-21-22-32(41)38-30(34(43)45-36(5,6)7)25-24-29(39)27-28(23-26-31(40)37-8)33(42)44-35(2,3)4/h28,30H,9-27H2,1-8H3,(H,37,40)(H,38,41)/t28-,30+/m1/s1. The number of amides is 2. The second-order valence-corrected chi connectivity index (χ2v) is 14.4. The van der Waals surface area contributed by atoms with Gasteiger partial charge >= 0.3 is 11.9 Å². The number of rotatable bonds is 25. The second kappa shape index (κ2) is 23.8. The zero-order valence-electron chi connectivity index (χ0n) is 29.9. The van der Waals surface area contributed by atoms with Crippen molar-refractivity contribution in [1.29, 1.82) is 0 Å². The molecule has 0 aliphatic rings. The van der Waals surface area contributed by atoms with E-state index in [-0.39, 0.29) is 49.7 Å². The Balaban J connectivity index is 4.80. The summed E-state index contributed by atoms with van der Waals surface area (Å²) in [6, 6.07) is -0.964. The van der Waals surface area contributed by atoms with E-state index >= 15 is 0 Å². The number of unbranched alkanes of at least 4 members (excludes halogenated alkanes) is 12. The predicted octanol–water partition coefficient (Wildman–Crippen LogP) is 7.52. The van der Waals surface area contributed by atoms with Crippen molar-refractivity contribution < 1.29 is 33.4 Å². The van der Waals surface area contributed by atoms with E-state index in [2.05, 4.69) is 17.6 Å². The van der Waals surface area contributed by atoms with Crippen LogP contribution in [0.5, 0.6) is 0 Å². The van der Waals surface area contributed by atoms with E-state index < -0.39 is 35.1 Å². The first-order valence-corrected chi connectivity index (χ1v) is 17.5. The minimum atomic E-state index is -0.964. The molecule has 0 rings (SSSR count). The predicted molar refractivity (Wildman–Crippen MR) is 180 cm³/mol. The largest absolute Gasteiger partial charge is 0.460 e. The van der Waals surface area contributed by atoms with Crippen LogP contribution in [-0.2, 0) is 33.4 Å². The van der Waals surface area contributed by atoms with Crippen molar-refractivity contribution in [3.8, 4) is 0 Å². The van der Waals surface area contributed by atoms with Crippen molar-refractivity contribution in [2.45, 2.75) is 188 Å². The van der Waals surface area contributed by atoms with Crippen LogP contribution in [0.15, 0.2) is 0 Å². The van der Waals surface area contributed by atoms with E-state index in [4.69, 9.17) is 9.47 Å². The Hall–Kier alpha value is -2.45. The first-order valence-electron chi connectivity index (χ1n) is 17.5. The highest BCUT2D eigenvalue weighted by atomic mass is 16.6. The topological polar surface area (TPSA) is 128 Å². The summed E-state index contributed by atoms with van der Waals surface area (Å²) in [5.74, 6) is -2.61. The lowest BCUT2D eigenvalue weighted by Crippen LogP contribution is -2.44. The molecule has 0 saturated heterocycles. The molecule has 2 atom stereocenters. The van der Waals surface area contributed by atoms with Crippen molar-refractivity contribution in [3.63, 3.8) is 0 Å². The molecule has 262 valence electrons. The molecule has 9 nitrogen and oxygen atoms in total. The molecule has 0 spiro atoms. The molecule has 0 aromatic rings. The maximum Gasteiger partial charge on any atom is 0.329 e. The van der Waals surface area contributed by atoms with Gasteiger partial charge in [0.25, 0.3) is 0 Å². The lowest BCUT2D eigenvalue weighted by molar-refractivity contribution is -0.162. The Bertz CT molecular complexity index is 874. The van der Waals surface area contributed by atoms with Crippen LogP contribution in [0.25, 0.3) is 0 Å². The smallest absolute Gasteiger partial charge is 0.329 e. The van der Waals surface area contributed by atoms with Gasteiger partial charge in [-0.25, -0.2) is 4.79 Å². The fourth-order valence-corrected chi connectivity index (χ4v) is 4.99. The van der Waals surface area contributed by atoms with Crippen molar-refractivity contribution in [2.75, 3.05) is 7.05 Å². The van der Waals surface area contributed by atoms with Gasteiger partial charge in [0, 0.05) is 32.7 Å². The third kappa shape index (κ3) is 25.4. The number of ketones is 1. The maximum absolute atomic E-state index is 13.0. The van der Waals surface area contributed by atoms with Gasteiger partial charge in [0.05, 0.1) is 5.92 Å². The lowest BCUT2D eigenvalue weighted by Gasteiger charge is -2.25. The Morgan fingerprint density at radius 3 is 1.51 bits per heavy atom. The molecule has 0 aliphatic carbocycles. The van der Waals surface area contributed by atoms with Crippen molar-refractivity contribution >= 4 is 29.5 Å². The quantitative estimate of drug-likeness (QED) is 0.0782. The van der Waals surface area contributed by atoms with Crippen LogP contribution in [0.4, 0.5) is 0 Å². The molecule has 9 heteroatoms. The third-order valence-electron chi connectivity index (χ3n) is 7.46. The normalized spacial score (nSPS) is 13.1. The number of carbonyl (C=O) groups excluding carboxylic acids is 5. The minimum Gasteiger partial charge on any atom is -0.460 e. The molecular formula is C36H66N2O7. The van der Waals surface area contributed by atoms with Crippen LogP contribution in [0, 0.1) is 5.92 Å². The summed E-state index contributed by atoms with van der Waals surface area (Å²) in [6.45, 7) is 12.7. The Morgan fingerprint density at radius 1 is 0.578 bits per heavy atom. The molecule has 0 saturated carbocycles.